The molecule has 0 aliphatic rings. The Labute approximate surface area is 129 Å². The molecular formula is C17H19FN2O2. The van der Waals surface area contributed by atoms with Gasteiger partial charge in [0.15, 0.2) is 0 Å². The van der Waals surface area contributed by atoms with Crippen molar-refractivity contribution in [3.8, 4) is 5.75 Å². The van der Waals surface area contributed by atoms with Crippen LogP contribution in [0.3, 0.4) is 0 Å². The predicted octanol–water partition coefficient (Wildman–Crippen LogP) is 3.67. The fraction of sp³-hybridized carbons (Fsp3) is 0.235. The molecule has 2 N–H and O–H groups in total. The van der Waals surface area contributed by atoms with Crippen molar-refractivity contribution in [1.82, 2.24) is 0 Å². The van der Waals surface area contributed by atoms with E-state index in [0.717, 1.165) is 11.4 Å². The van der Waals surface area contributed by atoms with Crippen LogP contribution in [-0.4, -0.2) is 19.1 Å². The van der Waals surface area contributed by atoms with Crippen LogP contribution in [0.15, 0.2) is 48.5 Å². The Kier molecular flexibility index (Phi) is 5.77. The van der Waals surface area contributed by atoms with Crippen molar-refractivity contribution < 1.29 is 13.9 Å². The van der Waals surface area contributed by atoms with Gasteiger partial charge in [-0.05, 0) is 43.3 Å². The second kappa shape index (κ2) is 8.02. The van der Waals surface area contributed by atoms with Gasteiger partial charge in [-0.25, -0.2) is 4.39 Å². The average molecular weight is 302 g/mol. The molecule has 0 unspecified atom stereocenters. The van der Waals surface area contributed by atoms with Gasteiger partial charge in [0, 0.05) is 18.7 Å². The Balaban J connectivity index is 1.81. The number of hydrogen-bond acceptors (Lipinski definition) is 3. The molecule has 0 saturated carbocycles. The minimum atomic E-state index is -0.327. The maximum absolute atomic E-state index is 12.8. The van der Waals surface area contributed by atoms with Crippen molar-refractivity contribution in [2.45, 2.75) is 13.3 Å². The van der Waals surface area contributed by atoms with E-state index in [1.165, 1.54) is 24.3 Å². The highest BCUT2D eigenvalue weighted by atomic mass is 19.1. The lowest BCUT2D eigenvalue weighted by atomic mass is 10.2. The summed E-state index contributed by atoms with van der Waals surface area (Å²) in [6.45, 7) is 2.99. The number of anilines is 2. The van der Waals surface area contributed by atoms with Gasteiger partial charge >= 0.3 is 0 Å². The molecule has 5 heteroatoms. The van der Waals surface area contributed by atoms with Crippen LogP contribution >= 0.6 is 0 Å². The summed E-state index contributed by atoms with van der Waals surface area (Å²) in [4.78, 5) is 11.8. The monoisotopic (exact) mass is 302 g/mol. The summed E-state index contributed by atoms with van der Waals surface area (Å²) in [6, 6.07) is 13.3. The summed E-state index contributed by atoms with van der Waals surface area (Å²) in [6.07, 6.45) is 0.303. The molecule has 0 aliphatic carbocycles. The lowest BCUT2D eigenvalue weighted by molar-refractivity contribution is -0.115. The van der Waals surface area contributed by atoms with Crippen LogP contribution in [0.25, 0.3) is 0 Å². The minimum Gasteiger partial charge on any atom is -0.492 e. The molecule has 22 heavy (non-hydrogen) atoms. The molecule has 2 rings (SSSR count). The number of halogens is 1. The summed E-state index contributed by atoms with van der Waals surface area (Å²) in [5.74, 6) is 0.309. The molecular weight excluding hydrogens is 283 g/mol. The second-order valence-electron chi connectivity index (χ2n) is 4.66. The first-order valence-corrected chi connectivity index (χ1v) is 7.20. The SMILES string of the molecule is CCOc1ccccc1NCCC(=O)Nc1ccc(F)cc1. The predicted molar refractivity (Wildman–Crippen MR) is 85.7 cm³/mol. The molecule has 0 heterocycles. The summed E-state index contributed by atoms with van der Waals surface area (Å²) in [7, 11) is 0. The van der Waals surface area contributed by atoms with Crippen molar-refractivity contribution in [3.05, 3.63) is 54.3 Å². The van der Waals surface area contributed by atoms with Gasteiger partial charge in [0.1, 0.15) is 11.6 Å². The van der Waals surface area contributed by atoms with Crippen molar-refractivity contribution in [2.75, 3.05) is 23.8 Å². The zero-order valence-corrected chi connectivity index (χ0v) is 12.4. The lowest BCUT2D eigenvalue weighted by Gasteiger charge is -2.12. The Morgan fingerprint density at radius 2 is 1.86 bits per heavy atom. The highest BCUT2D eigenvalue weighted by Gasteiger charge is 2.05. The van der Waals surface area contributed by atoms with Crippen LogP contribution in [0.4, 0.5) is 15.8 Å². The molecule has 2 aromatic carbocycles. The molecule has 0 fully saturated rings. The molecule has 1 amide bonds. The van der Waals surface area contributed by atoms with E-state index in [0.29, 0.717) is 25.3 Å². The van der Waals surface area contributed by atoms with Gasteiger partial charge in [0.05, 0.1) is 12.3 Å². The quantitative estimate of drug-likeness (QED) is 0.820. The summed E-state index contributed by atoms with van der Waals surface area (Å²) >= 11 is 0. The summed E-state index contributed by atoms with van der Waals surface area (Å²) in [5.41, 5.74) is 1.44. The number of para-hydroxylation sites is 2. The van der Waals surface area contributed by atoms with E-state index in [4.69, 9.17) is 4.74 Å². The molecule has 0 bridgehead atoms. The van der Waals surface area contributed by atoms with E-state index in [9.17, 15) is 9.18 Å². The largest absolute Gasteiger partial charge is 0.492 e. The highest BCUT2D eigenvalue weighted by molar-refractivity contribution is 5.90. The zero-order valence-electron chi connectivity index (χ0n) is 12.4. The first-order chi connectivity index (χ1) is 10.7. The van der Waals surface area contributed by atoms with Gasteiger partial charge in [-0.3, -0.25) is 4.79 Å². The molecule has 0 atom stereocenters. The number of nitrogens with one attached hydrogen (secondary N) is 2. The average Bonchev–Trinajstić information content (AvgIpc) is 2.51. The number of rotatable bonds is 7. The van der Waals surface area contributed by atoms with Crippen LogP contribution < -0.4 is 15.4 Å². The second-order valence-corrected chi connectivity index (χ2v) is 4.66. The van der Waals surface area contributed by atoms with Crippen LogP contribution in [-0.2, 0) is 4.79 Å². The molecule has 0 aromatic heterocycles. The number of amides is 1. The van der Waals surface area contributed by atoms with Crippen LogP contribution in [0, 0.1) is 5.82 Å². The van der Waals surface area contributed by atoms with E-state index >= 15 is 0 Å². The standard InChI is InChI=1S/C17H19FN2O2/c1-2-22-16-6-4-3-5-15(16)19-12-11-17(21)20-14-9-7-13(18)8-10-14/h3-10,19H,2,11-12H2,1H3,(H,20,21). The van der Waals surface area contributed by atoms with Gasteiger partial charge in [0.25, 0.3) is 0 Å². The van der Waals surface area contributed by atoms with Crippen LogP contribution in [0.1, 0.15) is 13.3 Å². The Hall–Kier alpha value is -2.56. The first kappa shape index (κ1) is 15.8. The van der Waals surface area contributed by atoms with Crippen molar-refractivity contribution in [3.63, 3.8) is 0 Å². The van der Waals surface area contributed by atoms with Gasteiger partial charge < -0.3 is 15.4 Å². The molecule has 0 spiro atoms. The van der Waals surface area contributed by atoms with Gasteiger partial charge in [-0.2, -0.15) is 0 Å². The molecule has 0 aliphatic heterocycles. The summed E-state index contributed by atoms with van der Waals surface area (Å²) in [5, 5.41) is 5.90. The van der Waals surface area contributed by atoms with E-state index in [1.807, 2.05) is 31.2 Å². The smallest absolute Gasteiger partial charge is 0.226 e. The normalized spacial score (nSPS) is 10.1. The number of carbonyl (C=O) groups is 1. The third kappa shape index (κ3) is 4.77. The van der Waals surface area contributed by atoms with E-state index in [1.54, 1.807) is 0 Å². The van der Waals surface area contributed by atoms with Crippen LogP contribution in [0.2, 0.25) is 0 Å². The molecule has 2 aromatic rings. The number of ether oxygens (including phenoxy) is 1. The van der Waals surface area contributed by atoms with Crippen molar-refractivity contribution in [2.24, 2.45) is 0 Å². The Bertz CT molecular complexity index is 614. The van der Waals surface area contributed by atoms with E-state index < -0.39 is 0 Å². The van der Waals surface area contributed by atoms with Gasteiger partial charge in [-0.1, -0.05) is 12.1 Å². The number of hydrogen-bond donors (Lipinski definition) is 2. The summed E-state index contributed by atoms with van der Waals surface area (Å²) < 4.78 is 18.3. The third-order valence-corrected chi connectivity index (χ3v) is 2.98. The van der Waals surface area contributed by atoms with E-state index in [2.05, 4.69) is 10.6 Å². The lowest BCUT2D eigenvalue weighted by Crippen LogP contribution is -2.16. The fourth-order valence-corrected chi connectivity index (χ4v) is 1.96. The minimum absolute atomic E-state index is 0.131. The Morgan fingerprint density at radius 1 is 1.14 bits per heavy atom. The third-order valence-electron chi connectivity index (χ3n) is 2.98. The molecule has 0 saturated heterocycles. The molecule has 4 nitrogen and oxygen atoms in total. The fourth-order valence-electron chi connectivity index (χ4n) is 1.96. The maximum atomic E-state index is 12.8. The van der Waals surface area contributed by atoms with Gasteiger partial charge in [-0.15, -0.1) is 0 Å². The Morgan fingerprint density at radius 3 is 2.59 bits per heavy atom. The highest BCUT2D eigenvalue weighted by Crippen LogP contribution is 2.23. The molecule has 0 radical (unpaired) electrons. The maximum Gasteiger partial charge on any atom is 0.226 e. The van der Waals surface area contributed by atoms with E-state index in [-0.39, 0.29) is 11.7 Å². The topological polar surface area (TPSA) is 50.4 Å². The van der Waals surface area contributed by atoms with Crippen molar-refractivity contribution in [1.29, 1.82) is 0 Å². The first-order valence-electron chi connectivity index (χ1n) is 7.20. The van der Waals surface area contributed by atoms with Crippen molar-refractivity contribution >= 4 is 17.3 Å². The van der Waals surface area contributed by atoms with Gasteiger partial charge in [0.2, 0.25) is 5.91 Å². The number of benzene rings is 2. The molecule has 116 valence electrons. The zero-order chi connectivity index (χ0) is 15.8. The van der Waals surface area contributed by atoms with Crippen LogP contribution in [0.5, 0.6) is 5.75 Å². The number of carbonyl (C=O) groups excluding carboxylic acids is 1.